The van der Waals surface area contributed by atoms with Crippen LogP contribution in [0.1, 0.15) is 0 Å². The molecule has 0 radical (unpaired) electrons. The molecular formula is C12H17N3O3S2. The third kappa shape index (κ3) is 4.20. The number of carbonyl (C=O) groups is 1. The summed E-state index contributed by atoms with van der Waals surface area (Å²) in [5.41, 5.74) is 0. The predicted molar refractivity (Wildman–Crippen MR) is 78.9 cm³/mol. The first-order valence-electron chi connectivity index (χ1n) is 6.23. The molecule has 1 heterocycles. The highest BCUT2D eigenvalue weighted by Crippen LogP contribution is 2.09. The van der Waals surface area contributed by atoms with E-state index in [4.69, 9.17) is 0 Å². The van der Waals surface area contributed by atoms with Gasteiger partial charge in [0.1, 0.15) is 0 Å². The lowest BCUT2D eigenvalue weighted by Gasteiger charge is -2.11. The molecule has 1 saturated heterocycles. The van der Waals surface area contributed by atoms with Crippen molar-refractivity contribution in [3.05, 3.63) is 30.3 Å². The van der Waals surface area contributed by atoms with Gasteiger partial charge in [0.05, 0.1) is 10.9 Å². The zero-order chi connectivity index (χ0) is 14.4. The van der Waals surface area contributed by atoms with Crippen molar-refractivity contribution in [2.75, 3.05) is 24.7 Å². The van der Waals surface area contributed by atoms with E-state index in [2.05, 4.69) is 15.4 Å². The molecule has 1 amide bonds. The Balaban J connectivity index is 1.74. The lowest BCUT2D eigenvalue weighted by molar-refractivity contribution is -0.122. The van der Waals surface area contributed by atoms with Gasteiger partial charge < -0.3 is 5.32 Å². The van der Waals surface area contributed by atoms with Crippen molar-refractivity contribution in [1.82, 2.24) is 15.4 Å². The molecular weight excluding hydrogens is 298 g/mol. The molecule has 0 spiro atoms. The van der Waals surface area contributed by atoms with Crippen LogP contribution in [0.4, 0.5) is 0 Å². The van der Waals surface area contributed by atoms with Gasteiger partial charge >= 0.3 is 0 Å². The molecule has 110 valence electrons. The van der Waals surface area contributed by atoms with Crippen molar-refractivity contribution in [1.29, 1.82) is 0 Å². The molecule has 6 nitrogen and oxygen atoms in total. The van der Waals surface area contributed by atoms with Crippen molar-refractivity contribution in [3.63, 3.8) is 0 Å². The molecule has 1 aliphatic heterocycles. The predicted octanol–water partition coefficient (Wildman–Crippen LogP) is -0.256. The summed E-state index contributed by atoms with van der Waals surface area (Å²) in [5, 5.41) is 5.76. The minimum absolute atomic E-state index is 0.0890. The van der Waals surface area contributed by atoms with Crippen molar-refractivity contribution in [2.24, 2.45) is 0 Å². The number of hydrogen-bond acceptors (Lipinski definition) is 5. The van der Waals surface area contributed by atoms with Crippen molar-refractivity contribution in [3.8, 4) is 0 Å². The average molecular weight is 315 g/mol. The van der Waals surface area contributed by atoms with Gasteiger partial charge in [0.2, 0.25) is 15.9 Å². The van der Waals surface area contributed by atoms with Gasteiger partial charge in [-0.05, 0) is 12.1 Å². The number of nitrogens with one attached hydrogen (secondary N) is 3. The van der Waals surface area contributed by atoms with E-state index in [1.807, 2.05) is 0 Å². The highest BCUT2D eigenvalue weighted by molar-refractivity contribution is 7.99. The summed E-state index contributed by atoms with van der Waals surface area (Å²) in [5.74, 6) is 1.44. The maximum absolute atomic E-state index is 11.9. The molecule has 1 aromatic carbocycles. The van der Waals surface area contributed by atoms with E-state index < -0.39 is 10.0 Å². The molecule has 0 aromatic heterocycles. The first kappa shape index (κ1) is 15.3. The maximum Gasteiger partial charge on any atom is 0.240 e. The van der Waals surface area contributed by atoms with Crippen LogP contribution in [0.3, 0.4) is 0 Å². The molecule has 1 fully saturated rings. The van der Waals surface area contributed by atoms with E-state index in [0.717, 1.165) is 11.6 Å². The van der Waals surface area contributed by atoms with Gasteiger partial charge in [0.15, 0.2) is 0 Å². The molecule has 20 heavy (non-hydrogen) atoms. The number of carbonyl (C=O) groups excluding carboxylic acids is 1. The maximum atomic E-state index is 11.9. The Labute approximate surface area is 122 Å². The third-order valence-corrected chi connectivity index (χ3v) is 5.22. The van der Waals surface area contributed by atoms with Crippen LogP contribution >= 0.6 is 11.8 Å². The second-order valence-electron chi connectivity index (χ2n) is 4.27. The summed E-state index contributed by atoms with van der Waals surface area (Å²) in [6.07, 6.45) is 0. The molecule has 2 rings (SSSR count). The van der Waals surface area contributed by atoms with Gasteiger partial charge in [-0.1, -0.05) is 18.2 Å². The number of sulfonamides is 1. The monoisotopic (exact) mass is 315 g/mol. The van der Waals surface area contributed by atoms with Gasteiger partial charge in [-0.2, -0.15) is 0 Å². The zero-order valence-corrected chi connectivity index (χ0v) is 12.5. The summed E-state index contributed by atoms with van der Waals surface area (Å²) in [6.45, 7) is 0.441. The van der Waals surface area contributed by atoms with Crippen molar-refractivity contribution >= 4 is 27.7 Å². The molecule has 0 aliphatic carbocycles. The molecule has 0 saturated carbocycles. The van der Waals surface area contributed by atoms with E-state index >= 15 is 0 Å². The van der Waals surface area contributed by atoms with E-state index in [9.17, 15) is 13.2 Å². The summed E-state index contributed by atoms with van der Waals surface area (Å²) in [6, 6.07) is 7.97. The number of thioether (sulfide) groups is 1. The molecule has 1 unspecified atom stereocenters. The Kier molecular flexibility index (Phi) is 5.41. The van der Waals surface area contributed by atoms with Crippen molar-refractivity contribution < 1.29 is 13.2 Å². The standard InChI is InChI=1S/C12H17N3O3S2/c16-12(11-8-19-9-14-11)13-6-7-15-20(17,18)10-4-2-1-3-5-10/h1-5,11,14-15H,6-9H2,(H,13,16). The summed E-state index contributed by atoms with van der Waals surface area (Å²) < 4.78 is 26.2. The van der Waals surface area contributed by atoms with Gasteiger partial charge in [-0.3, -0.25) is 10.1 Å². The van der Waals surface area contributed by atoms with Gasteiger partial charge in [0.25, 0.3) is 0 Å². The van der Waals surface area contributed by atoms with Crippen LogP contribution in [0.2, 0.25) is 0 Å². The quantitative estimate of drug-likeness (QED) is 0.630. The Bertz CT molecular complexity index is 542. The summed E-state index contributed by atoms with van der Waals surface area (Å²) in [4.78, 5) is 11.9. The summed E-state index contributed by atoms with van der Waals surface area (Å²) in [7, 11) is -3.50. The highest BCUT2D eigenvalue weighted by atomic mass is 32.2. The zero-order valence-electron chi connectivity index (χ0n) is 10.8. The van der Waals surface area contributed by atoms with Gasteiger partial charge in [0, 0.05) is 24.7 Å². The Hall–Kier alpha value is -1.09. The minimum atomic E-state index is -3.50. The lowest BCUT2D eigenvalue weighted by Crippen LogP contribution is -2.44. The average Bonchev–Trinajstić information content (AvgIpc) is 2.98. The number of benzene rings is 1. The fraction of sp³-hybridized carbons (Fsp3) is 0.417. The topological polar surface area (TPSA) is 87.3 Å². The molecule has 0 bridgehead atoms. The first-order chi connectivity index (χ1) is 9.59. The van der Waals surface area contributed by atoms with Crippen LogP contribution < -0.4 is 15.4 Å². The minimum Gasteiger partial charge on any atom is -0.353 e. The van der Waals surface area contributed by atoms with E-state index in [0.29, 0.717) is 0 Å². The lowest BCUT2D eigenvalue weighted by atomic mass is 10.3. The normalized spacial score (nSPS) is 18.9. The van der Waals surface area contributed by atoms with Gasteiger partial charge in [-0.25, -0.2) is 13.1 Å². The number of hydrogen-bond donors (Lipinski definition) is 3. The van der Waals surface area contributed by atoms with Crippen LogP contribution in [-0.4, -0.2) is 45.1 Å². The fourth-order valence-corrected chi connectivity index (χ4v) is 3.74. The summed E-state index contributed by atoms with van der Waals surface area (Å²) >= 11 is 1.67. The largest absolute Gasteiger partial charge is 0.353 e. The van der Waals surface area contributed by atoms with E-state index in [1.54, 1.807) is 30.0 Å². The third-order valence-electron chi connectivity index (χ3n) is 2.80. The highest BCUT2D eigenvalue weighted by Gasteiger charge is 2.22. The molecule has 1 aliphatic rings. The van der Waals surface area contributed by atoms with Crippen LogP contribution in [0.5, 0.6) is 0 Å². The van der Waals surface area contributed by atoms with Crippen LogP contribution in [0.15, 0.2) is 35.2 Å². The van der Waals surface area contributed by atoms with E-state index in [-0.39, 0.29) is 29.9 Å². The van der Waals surface area contributed by atoms with Crippen LogP contribution in [0, 0.1) is 0 Å². The molecule has 3 N–H and O–H groups in total. The van der Waals surface area contributed by atoms with Crippen molar-refractivity contribution in [2.45, 2.75) is 10.9 Å². The smallest absolute Gasteiger partial charge is 0.240 e. The Morgan fingerprint density at radius 2 is 2.05 bits per heavy atom. The Morgan fingerprint density at radius 3 is 2.70 bits per heavy atom. The Morgan fingerprint density at radius 1 is 1.30 bits per heavy atom. The molecule has 1 atom stereocenters. The first-order valence-corrected chi connectivity index (χ1v) is 8.87. The second-order valence-corrected chi connectivity index (χ2v) is 7.07. The van der Waals surface area contributed by atoms with E-state index in [1.165, 1.54) is 12.1 Å². The molecule has 1 aromatic rings. The molecule has 8 heteroatoms. The number of amides is 1. The van der Waals surface area contributed by atoms with Gasteiger partial charge in [-0.15, -0.1) is 11.8 Å². The number of rotatable bonds is 6. The fourth-order valence-electron chi connectivity index (χ4n) is 1.74. The van der Waals surface area contributed by atoms with Crippen LogP contribution in [-0.2, 0) is 14.8 Å². The van der Waals surface area contributed by atoms with Crippen LogP contribution in [0.25, 0.3) is 0 Å². The SMILES string of the molecule is O=C(NCCNS(=O)(=O)c1ccccc1)C1CSCN1. The second kappa shape index (κ2) is 7.07.